The molecular weight excluding hydrogens is 250 g/mol. The Balaban J connectivity index is 1.77. The van der Waals surface area contributed by atoms with Gasteiger partial charge in [-0.15, -0.1) is 11.8 Å². The van der Waals surface area contributed by atoms with Crippen molar-refractivity contribution < 1.29 is 9.90 Å². The highest BCUT2D eigenvalue weighted by atomic mass is 32.2. The zero-order chi connectivity index (χ0) is 13.2. The Hall–Kier alpha value is -0.300. The molecule has 104 valence electrons. The van der Waals surface area contributed by atoms with Crippen LogP contribution < -0.4 is 5.32 Å². The first-order chi connectivity index (χ1) is 8.46. The van der Waals surface area contributed by atoms with Crippen molar-refractivity contribution >= 4 is 17.7 Å². The second-order valence-electron chi connectivity index (χ2n) is 5.69. The maximum absolute atomic E-state index is 12.2. The molecule has 2 N–H and O–H groups in total. The molecule has 1 amide bonds. The molecule has 2 aliphatic rings. The van der Waals surface area contributed by atoms with Gasteiger partial charge < -0.3 is 10.0 Å². The molecule has 18 heavy (non-hydrogen) atoms. The summed E-state index contributed by atoms with van der Waals surface area (Å²) in [6, 6.07) is 0.0100. The summed E-state index contributed by atoms with van der Waals surface area (Å²) in [6.45, 7) is 7.58. The van der Waals surface area contributed by atoms with Crippen LogP contribution in [0.2, 0.25) is 0 Å². The van der Waals surface area contributed by atoms with Gasteiger partial charge in [0.25, 0.3) is 0 Å². The number of carbonyl (C=O) groups is 1. The molecule has 0 aromatic heterocycles. The normalized spacial score (nSPS) is 26.6. The molecule has 2 fully saturated rings. The van der Waals surface area contributed by atoms with Crippen LogP contribution in [0.3, 0.4) is 0 Å². The molecule has 0 aromatic carbocycles. The SMILES string of the molecule is CC(C)(O)CN1CCN(C(=O)C2CSCN2)CC1. The molecule has 0 spiro atoms. The quantitative estimate of drug-likeness (QED) is 0.730. The summed E-state index contributed by atoms with van der Waals surface area (Å²) in [5.74, 6) is 2.01. The van der Waals surface area contributed by atoms with Crippen LogP contribution in [-0.4, -0.2) is 76.8 Å². The summed E-state index contributed by atoms with van der Waals surface area (Å²) >= 11 is 1.78. The molecule has 0 saturated carbocycles. The van der Waals surface area contributed by atoms with E-state index in [2.05, 4.69) is 10.2 Å². The van der Waals surface area contributed by atoms with E-state index in [1.165, 1.54) is 0 Å². The minimum absolute atomic E-state index is 0.0100. The number of carbonyl (C=O) groups excluding carboxylic acids is 1. The van der Waals surface area contributed by atoms with Gasteiger partial charge in [-0.25, -0.2) is 0 Å². The summed E-state index contributed by atoms with van der Waals surface area (Å²) in [4.78, 5) is 16.3. The summed E-state index contributed by atoms with van der Waals surface area (Å²) in [6.07, 6.45) is 0. The summed E-state index contributed by atoms with van der Waals surface area (Å²) in [5.41, 5.74) is -0.657. The molecule has 2 saturated heterocycles. The second-order valence-corrected chi connectivity index (χ2v) is 6.72. The lowest BCUT2D eigenvalue weighted by Crippen LogP contribution is -2.55. The minimum atomic E-state index is -0.657. The van der Waals surface area contributed by atoms with E-state index in [1.54, 1.807) is 11.8 Å². The van der Waals surface area contributed by atoms with Crippen molar-refractivity contribution in [1.29, 1.82) is 0 Å². The fraction of sp³-hybridized carbons (Fsp3) is 0.917. The number of piperazine rings is 1. The largest absolute Gasteiger partial charge is 0.389 e. The fourth-order valence-corrected chi connectivity index (χ4v) is 3.38. The average molecular weight is 273 g/mol. The van der Waals surface area contributed by atoms with E-state index in [-0.39, 0.29) is 11.9 Å². The van der Waals surface area contributed by atoms with Crippen LogP contribution in [0.1, 0.15) is 13.8 Å². The van der Waals surface area contributed by atoms with Gasteiger partial charge in [0.15, 0.2) is 0 Å². The Morgan fingerprint density at radius 2 is 2.06 bits per heavy atom. The van der Waals surface area contributed by atoms with E-state index in [0.717, 1.165) is 37.8 Å². The number of amides is 1. The van der Waals surface area contributed by atoms with Crippen LogP contribution >= 0.6 is 11.8 Å². The van der Waals surface area contributed by atoms with Crippen molar-refractivity contribution in [2.24, 2.45) is 0 Å². The number of aliphatic hydroxyl groups is 1. The van der Waals surface area contributed by atoms with Crippen LogP contribution in [0.15, 0.2) is 0 Å². The van der Waals surface area contributed by atoms with Gasteiger partial charge in [0.1, 0.15) is 0 Å². The average Bonchev–Trinajstić information content (AvgIpc) is 2.80. The zero-order valence-corrected chi connectivity index (χ0v) is 12.0. The molecule has 5 nitrogen and oxygen atoms in total. The third kappa shape index (κ3) is 3.85. The lowest BCUT2D eigenvalue weighted by Gasteiger charge is -2.38. The molecule has 1 unspecified atom stereocenters. The maximum Gasteiger partial charge on any atom is 0.240 e. The van der Waals surface area contributed by atoms with Gasteiger partial charge in [0.2, 0.25) is 5.91 Å². The molecule has 6 heteroatoms. The van der Waals surface area contributed by atoms with E-state index in [9.17, 15) is 9.90 Å². The molecule has 0 bridgehead atoms. The van der Waals surface area contributed by atoms with Crippen LogP contribution in [0, 0.1) is 0 Å². The molecule has 2 aliphatic heterocycles. The fourth-order valence-electron chi connectivity index (χ4n) is 2.45. The highest BCUT2D eigenvalue weighted by Gasteiger charge is 2.30. The Morgan fingerprint density at radius 1 is 1.39 bits per heavy atom. The Labute approximate surface area is 113 Å². The summed E-state index contributed by atoms with van der Waals surface area (Å²) in [7, 11) is 0. The molecule has 1 atom stereocenters. The molecule has 2 heterocycles. The summed E-state index contributed by atoms with van der Waals surface area (Å²) in [5, 5.41) is 13.0. The van der Waals surface area contributed by atoms with E-state index in [1.807, 2.05) is 18.7 Å². The number of hydrogen-bond donors (Lipinski definition) is 2. The minimum Gasteiger partial charge on any atom is -0.389 e. The molecule has 2 rings (SSSR count). The van der Waals surface area contributed by atoms with Crippen molar-refractivity contribution in [2.45, 2.75) is 25.5 Å². The van der Waals surface area contributed by atoms with Crippen molar-refractivity contribution in [1.82, 2.24) is 15.1 Å². The zero-order valence-electron chi connectivity index (χ0n) is 11.2. The first kappa shape index (κ1) is 14.1. The summed E-state index contributed by atoms with van der Waals surface area (Å²) < 4.78 is 0. The molecular formula is C12H23N3O2S. The molecule has 0 aromatic rings. The van der Waals surface area contributed by atoms with Gasteiger partial charge in [0.05, 0.1) is 11.6 Å². The van der Waals surface area contributed by atoms with E-state index < -0.39 is 5.60 Å². The highest BCUT2D eigenvalue weighted by Crippen LogP contribution is 2.14. The van der Waals surface area contributed by atoms with Crippen molar-refractivity contribution in [2.75, 3.05) is 44.4 Å². The number of rotatable bonds is 3. The number of nitrogens with zero attached hydrogens (tertiary/aromatic N) is 2. The maximum atomic E-state index is 12.2. The predicted octanol–water partition coefficient (Wildman–Crippen LogP) is -0.436. The number of hydrogen-bond acceptors (Lipinski definition) is 5. The predicted molar refractivity (Wildman–Crippen MR) is 73.6 cm³/mol. The molecule has 0 aliphatic carbocycles. The first-order valence-corrected chi connectivity index (χ1v) is 7.66. The smallest absolute Gasteiger partial charge is 0.240 e. The standard InChI is InChI=1S/C12H23N3O2S/c1-12(2,17)8-14-3-5-15(6-4-14)11(16)10-7-18-9-13-10/h10,13,17H,3-9H2,1-2H3. The van der Waals surface area contributed by atoms with E-state index in [4.69, 9.17) is 0 Å². The van der Waals surface area contributed by atoms with Crippen molar-refractivity contribution in [3.8, 4) is 0 Å². The number of thioether (sulfide) groups is 1. The second kappa shape index (κ2) is 5.77. The van der Waals surface area contributed by atoms with Crippen LogP contribution in [-0.2, 0) is 4.79 Å². The van der Waals surface area contributed by atoms with Gasteiger partial charge in [-0.1, -0.05) is 0 Å². The first-order valence-electron chi connectivity index (χ1n) is 6.50. The van der Waals surface area contributed by atoms with Gasteiger partial charge >= 0.3 is 0 Å². The van der Waals surface area contributed by atoms with E-state index >= 15 is 0 Å². The van der Waals surface area contributed by atoms with Crippen molar-refractivity contribution in [3.63, 3.8) is 0 Å². The van der Waals surface area contributed by atoms with Gasteiger partial charge in [-0.2, -0.15) is 0 Å². The van der Waals surface area contributed by atoms with Crippen LogP contribution in [0.4, 0.5) is 0 Å². The van der Waals surface area contributed by atoms with Crippen LogP contribution in [0.5, 0.6) is 0 Å². The third-order valence-corrected chi connectivity index (χ3v) is 4.25. The van der Waals surface area contributed by atoms with Crippen LogP contribution in [0.25, 0.3) is 0 Å². The third-order valence-electron chi connectivity index (χ3n) is 3.31. The highest BCUT2D eigenvalue weighted by molar-refractivity contribution is 7.99. The lowest BCUT2D eigenvalue weighted by molar-refractivity contribution is -0.134. The number of nitrogens with one attached hydrogen (secondary N) is 1. The molecule has 0 radical (unpaired) electrons. The number of β-amino-alcohol motifs (C(OH)–C–C–N with tert-alkyl or cyclic N) is 1. The van der Waals surface area contributed by atoms with Gasteiger partial charge in [-0.3, -0.25) is 15.0 Å². The Morgan fingerprint density at radius 3 is 2.56 bits per heavy atom. The van der Waals surface area contributed by atoms with Gasteiger partial charge in [0, 0.05) is 44.4 Å². The monoisotopic (exact) mass is 273 g/mol. The van der Waals surface area contributed by atoms with Crippen molar-refractivity contribution in [3.05, 3.63) is 0 Å². The lowest BCUT2D eigenvalue weighted by atomic mass is 10.1. The Bertz CT molecular complexity index is 292. The van der Waals surface area contributed by atoms with Gasteiger partial charge in [-0.05, 0) is 13.8 Å². The topological polar surface area (TPSA) is 55.8 Å². The Kier molecular flexibility index (Phi) is 4.53. The van der Waals surface area contributed by atoms with E-state index in [0.29, 0.717) is 6.54 Å².